The van der Waals surface area contributed by atoms with Gasteiger partial charge in [-0.1, -0.05) is 18.2 Å². The van der Waals surface area contributed by atoms with E-state index in [-0.39, 0.29) is 23.1 Å². The first kappa shape index (κ1) is 14.9. The summed E-state index contributed by atoms with van der Waals surface area (Å²) in [6.07, 6.45) is 2.95. The zero-order valence-electron chi connectivity index (χ0n) is 13.0. The minimum absolute atomic E-state index is 0.0457. The van der Waals surface area contributed by atoms with E-state index in [0.29, 0.717) is 18.1 Å². The average molecular weight is 341 g/mol. The molecule has 1 aliphatic heterocycles. The minimum atomic E-state index is -0.325. The van der Waals surface area contributed by atoms with E-state index in [0.717, 1.165) is 11.3 Å². The predicted octanol–water partition coefficient (Wildman–Crippen LogP) is 1.97. The van der Waals surface area contributed by atoms with E-state index in [2.05, 4.69) is 4.98 Å². The van der Waals surface area contributed by atoms with E-state index < -0.39 is 0 Å². The zero-order chi connectivity index (χ0) is 16.7. The van der Waals surface area contributed by atoms with E-state index in [4.69, 9.17) is 4.74 Å². The van der Waals surface area contributed by atoms with Crippen LogP contribution >= 0.6 is 11.3 Å². The molecule has 0 aliphatic carbocycles. The van der Waals surface area contributed by atoms with Crippen LogP contribution in [-0.2, 0) is 0 Å². The van der Waals surface area contributed by atoms with E-state index in [1.54, 1.807) is 16.5 Å². The van der Waals surface area contributed by atoms with Gasteiger partial charge in [-0.3, -0.25) is 14.0 Å². The topological polar surface area (TPSA) is 63.9 Å². The molecule has 0 N–H and O–H groups in total. The Hall–Kier alpha value is -2.67. The number of fused-ring (bicyclic) bond motifs is 1. The van der Waals surface area contributed by atoms with Crippen LogP contribution in [0.5, 0.6) is 5.75 Å². The molecule has 3 aromatic rings. The monoisotopic (exact) mass is 341 g/mol. The van der Waals surface area contributed by atoms with E-state index in [1.807, 2.05) is 31.2 Å². The van der Waals surface area contributed by atoms with Crippen molar-refractivity contribution < 1.29 is 9.53 Å². The van der Waals surface area contributed by atoms with Gasteiger partial charge >= 0.3 is 0 Å². The summed E-state index contributed by atoms with van der Waals surface area (Å²) < 4.78 is 7.30. The van der Waals surface area contributed by atoms with Crippen molar-refractivity contribution in [3.8, 4) is 5.75 Å². The summed E-state index contributed by atoms with van der Waals surface area (Å²) in [5.74, 6) is 0.536. The minimum Gasteiger partial charge on any atom is -0.486 e. The standard InChI is InChI=1S/C17H15N3O3S/c1-11-4-2-3-5-14(11)23-12-9-19(10-12)15(21)13-8-18-17-20(16(13)22)6-7-24-17/h2-8,12H,9-10H2,1H3. The molecule has 7 heteroatoms. The number of para-hydroxylation sites is 1. The second kappa shape index (κ2) is 5.76. The third-order valence-electron chi connectivity index (χ3n) is 4.10. The van der Waals surface area contributed by atoms with Crippen molar-refractivity contribution in [2.45, 2.75) is 13.0 Å². The fourth-order valence-corrected chi connectivity index (χ4v) is 3.36. The molecule has 0 unspecified atom stereocenters. The molecule has 0 saturated carbocycles. The molecule has 6 nitrogen and oxygen atoms in total. The number of carbonyl (C=O) groups is 1. The van der Waals surface area contributed by atoms with Crippen LogP contribution in [0.4, 0.5) is 0 Å². The molecule has 122 valence electrons. The van der Waals surface area contributed by atoms with E-state index >= 15 is 0 Å². The first-order valence-electron chi connectivity index (χ1n) is 7.60. The highest BCUT2D eigenvalue weighted by atomic mass is 32.1. The lowest BCUT2D eigenvalue weighted by atomic mass is 10.1. The Labute approximate surface area is 141 Å². The number of thiazole rings is 1. The third-order valence-corrected chi connectivity index (χ3v) is 4.87. The first-order valence-corrected chi connectivity index (χ1v) is 8.48. The molecule has 1 aliphatic rings. The number of nitrogens with zero attached hydrogens (tertiary/aromatic N) is 3. The Kier molecular flexibility index (Phi) is 3.57. The third kappa shape index (κ3) is 2.46. The number of carbonyl (C=O) groups excluding carboxylic acids is 1. The quantitative estimate of drug-likeness (QED) is 0.731. The number of aromatic nitrogens is 2. The molecular formula is C17H15N3O3S. The smallest absolute Gasteiger partial charge is 0.271 e. The van der Waals surface area contributed by atoms with Crippen LogP contribution in [0.25, 0.3) is 4.96 Å². The van der Waals surface area contributed by atoms with Crippen molar-refractivity contribution in [2.24, 2.45) is 0 Å². The fourth-order valence-electron chi connectivity index (χ4n) is 2.69. The van der Waals surface area contributed by atoms with Crippen LogP contribution in [0.2, 0.25) is 0 Å². The van der Waals surface area contributed by atoms with Gasteiger partial charge in [0.1, 0.15) is 17.4 Å². The summed E-state index contributed by atoms with van der Waals surface area (Å²) in [6.45, 7) is 2.93. The molecule has 1 saturated heterocycles. The number of benzene rings is 1. The number of hydrogen-bond acceptors (Lipinski definition) is 5. The highest BCUT2D eigenvalue weighted by molar-refractivity contribution is 7.15. The Bertz CT molecular complexity index is 972. The molecule has 0 spiro atoms. The summed E-state index contributed by atoms with van der Waals surface area (Å²) in [5.41, 5.74) is 0.836. The van der Waals surface area contributed by atoms with Crippen LogP contribution in [0.15, 0.2) is 46.8 Å². The van der Waals surface area contributed by atoms with Gasteiger partial charge in [-0.15, -0.1) is 11.3 Å². The largest absolute Gasteiger partial charge is 0.486 e. The Balaban J connectivity index is 1.46. The molecule has 1 aromatic carbocycles. The molecule has 1 amide bonds. The van der Waals surface area contributed by atoms with Crippen molar-refractivity contribution >= 4 is 22.2 Å². The average Bonchev–Trinajstić information content (AvgIpc) is 3.01. The maximum Gasteiger partial charge on any atom is 0.271 e. The van der Waals surface area contributed by atoms with Crippen LogP contribution < -0.4 is 10.3 Å². The van der Waals surface area contributed by atoms with Crippen LogP contribution in [0.3, 0.4) is 0 Å². The van der Waals surface area contributed by atoms with Gasteiger partial charge in [0.25, 0.3) is 11.5 Å². The highest BCUT2D eigenvalue weighted by Crippen LogP contribution is 2.22. The van der Waals surface area contributed by atoms with Crippen LogP contribution in [0, 0.1) is 6.92 Å². The second-order valence-corrected chi connectivity index (χ2v) is 6.62. The van der Waals surface area contributed by atoms with Gasteiger partial charge in [-0.25, -0.2) is 4.98 Å². The van der Waals surface area contributed by atoms with Gasteiger partial charge in [0.05, 0.1) is 13.1 Å². The molecule has 24 heavy (non-hydrogen) atoms. The van der Waals surface area contributed by atoms with Crippen molar-refractivity contribution in [3.05, 3.63) is 63.5 Å². The summed E-state index contributed by atoms with van der Waals surface area (Å²) in [5, 5.41) is 1.77. The van der Waals surface area contributed by atoms with Gasteiger partial charge in [0.2, 0.25) is 0 Å². The van der Waals surface area contributed by atoms with E-state index in [9.17, 15) is 9.59 Å². The normalized spacial score (nSPS) is 14.6. The highest BCUT2D eigenvalue weighted by Gasteiger charge is 2.34. The number of hydrogen-bond donors (Lipinski definition) is 0. The molecule has 3 heterocycles. The molecule has 0 radical (unpaired) electrons. The lowest BCUT2D eigenvalue weighted by Gasteiger charge is -2.39. The summed E-state index contributed by atoms with van der Waals surface area (Å²) >= 11 is 1.36. The number of likely N-dealkylation sites (tertiary alicyclic amines) is 1. The Morgan fingerprint density at radius 1 is 1.33 bits per heavy atom. The van der Waals surface area contributed by atoms with Crippen LogP contribution in [0.1, 0.15) is 15.9 Å². The fraction of sp³-hybridized carbons (Fsp3) is 0.235. The Morgan fingerprint density at radius 2 is 2.12 bits per heavy atom. The molecule has 0 atom stereocenters. The van der Waals surface area contributed by atoms with Crippen molar-refractivity contribution in [3.63, 3.8) is 0 Å². The van der Waals surface area contributed by atoms with Gasteiger partial charge < -0.3 is 9.64 Å². The van der Waals surface area contributed by atoms with Crippen molar-refractivity contribution in [1.29, 1.82) is 0 Å². The number of ether oxygens (including phenoxy) is 1. The van der Waals surface area contributed by atoms with Gasteiger partial charge in [0, 0.05) is 17.8 Å². The van der Waals surface area contributed by atoms with Gasteiger partial charge in [-0.2, -0.15) is 0 Å². The molecule has 4 rings (SSSR count). The zero-order valence-corrected chi connectivity index (χ0v) is 13.8. The SMILES string of the molecule is Cc1ccccc1OC1CN(C(=O)c2cnc3sccn3c2=O)C1. The maximum absolute atomic E-state index is 12.5. The number of rotatable bonds is 3. The molecule has 2 aromatic heterocycles. The molecule has 1 fully saturated rings. The second-order valence-electron chi connectivity index (χ2n) is 5.75. The first-order chi connectivity index (χ1) is 11.6. The molecular weight excluding hydrogens is 326 g/mol. The summed E-state index contributed by atoms with van der Waals surface area (Å²) in [6, 6.07) is 7.78. The lowest BCUT2D eigenvalue weighted by Crippen LogP contribution is -2.57. The summed E-state index contributed by atoms with van der Waals surface area (Å²) in [7, 11) is 0. The summed E-state index contributed by atoms with van der Waals surface area (Å²) in [4.78, 5) is 31.2. The Morgan fingerprint density at radius 3 is 2.92 bits per heavy atom. The predicted molar refractivity (Wildman–Crippen MR) is 90.8 cm³/mol. The van der Waals surface area contributed by atoms with Gasteiger partial charge in [0.15, 0.2) is 4.96 Å². The number of amides is 1. The van der Waals surface area contributed by atoms with Gasteiger partial charge in [-0.05, 0) is 18.6 Å². The van der Waals surface area contributed by atoms with Crippen molar-refractivity contribution in [1.82, 2.24) is 14.3 Å². The van der Waals surface area contributed by atoms with Crippen LogP contribution in [-0.4, -0.2) is 39.4 Å². The molecule has 0 bridgehead atoms. The lowest BCUT2D eigenvalue weighted by molar-refractivity contribution is 0.0173. The van der Waals surface area contributed by atoms with Crippen molar-refractivity contribution in [2.75, 3.05) is 13.1 Å². The number of aryl methyl sites for hydroxylation is 1. The van der Waals surface area contributed by atoms with E-state index in [1.165, 1.54) is 21.9 Å². The maximum atomic E-state index is 12.5.